The number of nitrogens with zero attached hydrogens (tertiary/aromatic N) is 1. The smallest absolute Gasteiger partial charge is 0.0702 e. The van der Waals surface area contributed by atoms with E-state index in [0.717, 1.165) is 19.7 Å². The van der Waals surface area contributed by atoms with Crippen LogP contribution < -0.4 is 5.73 Å². The Morgan fingerprint density at radius 1 is 1.35 bits per heavy atom. The van der Waals surface area contributed by atoms with E-state index in [2.05, 4.69) is 25.7 Å². The Kier molecular flexibility index (Phi) is 4.11. The maximum absolute atomic E-state index is 6.42. The summed E-state index contributed by atoms with van der Waals surface area (Å²) in [5.74, 6) is 0. The number of nitrogens with two attached hydrogens (primary N) is 1. The molecular formula is C14H28N2O. The zero-order valence-corrected chi connectivity index (χ0v) is 11.6. The Morgan fingerprint density at radius 3 is 2.59 bits per heavy atom. The molecule has 2 N–H and O–H groups in total. The fraction of sp³-hybridized carbons (Fsp3) is 1.00. The van der Waals surface area contributed by atoms with E-state index in [1.54, 1.807) is 0 Å². The second-order valence-corrected chi connectivity index (χ2v) is 6.34. The van der Waals surface area contributed by atoms with Gasteiger partial charge in [-0.25, -0.2) is 0 Å². The molecule has 17 heavy (non-hydrogen) atoms. The van der Waals surface area contributed by atoms with Crippen LogP contribution in [0.15, 0.2) is 0 Å². The maximum atomic E-state index is 6.42. The van der Waals surface area contributed by atoms with Gasteiger partial charge in [0, 0.05) is 25.2 Å². The van der Waals surface area contributed by atoms with Crippen molar-refractivity contribution < 1.29 is 4.74 Å². The van der Waals surface area contributed by atoms with Crippen LogP contribution in [0.2, 0.25) is 0 Å². The summed E-state index contributed by atoms with van der Waals surface area (Å²) in [6, 6.07) is 0.864. The summed E-state index contributed by atoms with van der Waals surface area (Å²) in [4.78, 5) is 2.55. The molecule has 0 bridgehead atoms. The average Bonchev–Trinajstić information content (AvgIpc) is 2.87. The first-order chi connectivity index (χ1) is 8.04. The molecule has 1 aliphatic carbocycles. The molecule has 0 aromatic heterocycles. The van der Waals surface area contributed by atoms with Crippen LogP contribution in [0.3, 0.4) is 0 Å². The van der Waals surface area contributed by atoms with Gasteiger partial charge in [0.15, 0.2) is 0 Å². The molecule has 0 aromatic rings. The van der Waals surface area contributed by atoms with Crippen LogP contribution in [0.1, 0.15) is 46.5 Å². The third-order valence-electron chi connectivity index (χ3n) is 4.74. The minimum atomic E-state index is 0.300. The quantitative estimate of drug-likeness (QED) is 0.817. The molecular weight excluding hydrogens is 212 g/mol. The standard InChI is InChI=1S/C14H28N2O/c1-4-16(10-11-6-5-9-17-11)12-7-8-14(2,3)13(12)15/h11-13H,4-10,15H2,1-3H3. The fourth-order valence-corrected chi connectivity index (χ4v) is 3.35. The second kappa shape index (κ2) is 5.25. The highest BCUT2D eigenvalue weighted by Crippen LogP contribution is 2.38. The van der Waals surface area contributed by atoms with Crippen molar-refractivity contribution in [1.29, 1.82) is 0 Å². The highest BCUT2D eigenvalue weighted by Gasteiger charge is 2.42. The minimum Gasteiger partial charge on any atom is -0.377 e. The molecule has 1 saturated carbocycles. The molecule has 3 atom stereocenters. The van der Waals surface area contributed by atoms with Gasteiger partial charge >= 0.3 is 0 Å². The molecule has 3 nitrogen and oxygen atoms in total. The van der Waals surface area contributed by atoms with Crippen LogP contribution in [0.5, 0.6) is 0 Å². The van der Waals surface area contributed by atoms with Crippen LogP contribution in [0, 0.1) is 5.41 Å². The third-order valence-corrected chi connectivity index (χ3v) is 4.74. The predicted octanol–water partition coefficient (Wildman–Crippen LogP) is 2.00. The number of hydrogen-bond acceptors (Lipinski definition) is 3. The van der Waals surface area contributed by atoms with Crippen LogP contribution in [0.25, 0.3) is 0 Å². The van der Waals surface area contributed by atoms with Crippen molar-refractivity contribution in [2.75, 3.05) is 19.7 Å². The van der Waals surface area contributed by atoms with E-state index in [1.807, 2.05) is 0 Å². The number of ether oxygens (including phenoxy) is 1. The summed E-state index contributed by atoms with van der Waals surface area (Å²) in [7, 11) is 0. The molecule has 3 heteroatoms. The minimum absolute atomic E-state index is 0.300. The molecule has 2 aliphatic rings. The third kappa shape index (κ3) is 2.83. The van der Waals surface area contributed by atoms with Gasteiger partial charge in [0.2, 0.25) is 0 Å². The molecule has 0 radical (unpaired) electrons. The first kappa shape index (κ1) is 13.3. The van der Waals surface area contributed by atoms with Crippen molar-refractivity contribution >= 4 is 0 Å². The van der Waals surface area contributed by atoms with Gasteiger partial charge in [0.1, 0.15) is 0 Å². The molecule has 2 fully saturated rings. The zero-order chi connectivity index (χ0) is 12.5. The number of hydrogen-bond donors (Lipinski definition) is 1. The van der Waals surface area contributed by atoms with Crippen molar-refractivity contribution in [2.45, 2.75) is 64.6 Å². The van der Waals surface area contributed by atoms with Crippen molar-refractivity contribution in [1.82, 2.24) is 4.90 Å². The Morgan fingerprint density at radius 2 is 2.12 bits per heavy atom. The summed E-state index contributed by atoms with van der Waals surface area (Å²) in [5.41, 5.74) is 6.73. The molecule has 1 heterocycles. The van der Waals surface area contributed by atoms with Crippen LogP contribution >= 0.6 is 0 Å². The number of rotatable bonds is 4. The Bertz CT molecular complexity index is 249. The first-order valence-electron chi connectivity index (χ1n) is 7.16. The normalized spacial score (nSPS) is 36.9. The zero-order valence-electron chi connectivity index (χ0n) is 11.6. The summed E-state index contributed by atoms with van der Waals surface area (Å²) in [6.07, 6.45) is 5.40. The summed E-state index contributed by atoms with van der Waals surface area (Å²) >= 11 is 0. The molecule has 0 aromatic carbocycles. The van der Waals surface area contributed by atoms with Crippen molar-refractivity contribution in [3.8, 4) is 0 Å². The van der Waals surface area contributed by atoms with Crippen molar-refractivity contribution in [3.63, 3.8) is 0 Å². The molecule has 2 rings (SSSR count). The van der Waals surface area contributed by atoms with E-state index in [-0.39, 0.29) is 0 Å². The van der Waals surface area contributed by atoms with E-state index >= 15 is 0 Å². The first-order valence-corrected chi connectivity index (χ1v) is 7.16. The van der Waals surface area contributed by atoms with E-state index in [1.165, 1.54) is 25.7 Å². The monoisotopic (exact) mass is 240 g/mol. The average molecular weight is 240 g/mol. The molecule has 100 valence electrons. The molecule has 1 aliphatic heterocycles. The van der Waals surface area contributed by atoms with Gasteiger partial charge in [-0.1, -0.05) is 20.8 Å². The van der Waals surface area contributed by atoms with Gasteiger partial charge in [-0.2, -0.15) is 0 Å². The van der Waals surface area contributed by atoms with E-state index in [0.29, 0.717) is 23.6 Å². The molecule has 3 unspecified atom stereocenters. The van der Waals surface area contributed by atoms with Crippen LogP contribution in [-0.2, 0) is 4.74 Å². The van der Waals surface area contributed by atoms with Crippen LogP contribution in [0.4, 0.5) is 0 Å². The Hall–Kier alpha value is -0.120. The Labute approximate surface area is 106 Å². The largest absolute Gasteiger partial charge is 0.377 e. The summed E-state index contributed by atoms with van der Waals surface area (Å²) < 4.78 is 5.75. The second-order valence-electron chi connectivity index (χ2n) is 6.34. The number of likely N-dealkylation sites (N-methyl/N-ethyl adjacent to an activating group) is 1. The predicted molar refractivity (Wildman–Crippen MR) is 71.0 cm³/mol. The van der Waals surface area contributed by atoms with Gasteiger partial charge < -0.3 is 10.5 Å². The highest BCUT2D eigenvalue weighted by molar-refractivity contribution is 4.99. The van der Waals surface area contributed by atoms with E-state index < -0.39 is 0 Å². The highest BCUT2D eigenvalue weighted by atomic mass is 16.5. The van der Waals surface area contributed by atoms with Crippen molar-refractivity contribution in [3.05, 3.63) is 0 Å². The summed E-state index contributed by atoms with van der Waals surface area (Å²) in [5, 5.41) is 0. The molecule has 1 saturated heterocycles. The van der Waals surface area contributed by atoms with Gasteiger partial charge in [-0.3, -0.25) is 4.90 Å². The fourth-order valence-electron chi connectivity index (χ4n) is 3.35. The van der Waals surface area contributed by atoms with Gasteiger partial charge in [-0.15, -0.1) is 0 Å². The lowest BCUT2D eigenvalue weighted by Crippen LogP contribution is -2.51. The van der Waals surface area contributed by atoms with E-state index in [9.17, 15) is 0 Å². The van der Waals surface area contributed by atoms with Gasteiger partial charge in [-0.05, 0) is 37.6 Å². The lowest BCUT2D eigenvalue weighted by molar-refractivity contribution is 0.0541. The lowest BCUT2D eigenvalue weighted by atomic mass is 9.87. The molecule has 0 amide bonds. The maximum Gasteiger partial charge on any atom is 0.0702 e. The van der Waals surface area contributed by atoms with Gasteiger partial charge in [0.05, 0.1) is 6.10 Å². The SMILES string of the molecule is CCN(CC1CCCO1)C1CCC(C)(C)C1N. The van der Waals surface area contributed by atoms with Crippen molar-refractivity contribution in [2.24, 2.45) is 11.1 Å². The van der Waals surface area contributed by atoms with Gasteiger partial charge in [0.25, 0.3) is 0 Å². The Balaban J connectivity index is 1.94. The summed E-state index contributed by atoms with van der Waals surface area (Å²) in [6.45, 7) is 9.96. The topological polar surface area (TPSA) is 38.5 Å². The lowest BCUT2D eigenvalue weighted by Gasteiger charge is -2.35. The molecule has 0 spiro atoms. The van der Waals surface area contributed by atoms with Crippen LogP contribution in [-0.4, -0.2) is 42.8 Å². The van der Waals surface area contributed by atoms with E-state index in [4.69, 9.17) is 10.5 Å².